The van der Waals surface area contributed by atoms with Gasteiger partial charge in [0.15, 0.2) is 5.96 Å². The molecule has 0 radical (unpaired) electrons. The Morgan fingerprint density at radius 3 is 1.86 bits per heavy atom. The summed E-state index contributed by atoms with van der Waals surface area (Å²) in [6, 6.07) is 10.6. The minimum absolute atomic E-state index is 0.00139. The van der Waals surface area contributed by atoms with Crippen molar-refractivity contribution in [2.24, 2.45) is 28.1 Å². The number of phenols is 1. The molecule has 0 aromatic heterocycles. The van der Waals surface area contributed by atoms with Crippen LogP contribution in [0.15, 0.2) is 59.6 Å². The number of guanidine groups is 1. The van der Waals surface area contributed by atoms with Gasteiger partial charge >= 0.3 is 5.97 Å². The second-order valence-electron chi connectivity index (χ2n) is 10.3. The average molecular weight is 584 g/mol. The summed E-state index contributed by atoms with van der Waals surface area (Å²) in [6.07, 6.45) is 0.812. The maximum Gasteiger partial charge on any atom is 0.326 e. The molecule has 3 amide bonds. The summed E-state index contributed by atoms with van der Waals surface area (Å²) in [5, 5.41) is 27.1. The second kappa shape index (κ2) is 16.6. The van der Waals surface area contributed by atoms with Crippen LogP contribution in [0.5, 0.6) is 5.75 Å². The van der Waals surface area contributed by atoms with E-state index in [2.05, 4.69) is 20.9 Å². The predicted molar refractivity (Wildman–Crippen MR) is 158 cm³/mol. The molecule has 13 nitrogen and oxygen atoms in total. The summed E-state index contributed by atoms with van der Waals surface area (Å²) >= 11 is 0. The van der Waals surface area contributed by atoms with Crippen LogP contribution < -0.4 is 33.2 Å². The van der Waals surface area contributed by atoms with Crippen molar-refractivity contribution in [2.75, 3.05) is 6.54 Å². The first-order valence-electron chi connectivity index (χ1n) is 13.6. The number of nitrogens with two attached hydrogens (primary N) is 3. The van der Waals surface area contributed by atoms with Crippen molar-refractivity contribution in [1.82, 2.24) is 16.0 Å². The number of carboxylic acids is 1. The van der Waals surface area contributed by atoms with Gasteiger partial charge in [0.1, 0.15) is 23.9 Å². The molecule has 2 aromatic carbocycles. The van der Waals surface area contributed by atoms with Crippen molar-refractivity contribution in [1.29, 1.82) is 0 Å². The van der Waals surface area contributed by atoms with Crippen molar-refractivity contribution in [3.05, 3.63) is 65.7 Å². The van der Waals surface area contributed by atoms with Crippen molar-refractivity contribution >= 4 is 29.7 Å². The van der Waals surface area contributed by atoms with Gasteiger partial charge in [0.25, 0.3) is 0 Å². The fourth-order valence-corrected chi connectivity index (χ4v) is 4.11. The molecule has 4 atom stereocenters. The predicted octanol–water partition coefficient (Wildman–Crippen LogP) is -0.247. The van der Waals surface area contributed by atoms with E-state index in [0.717, 1.165) is 5.56 Å². The van der Waals surface area contributed by atoms with Crippen LogP contribution in [0.3, 0.4) is 0 Å². The number of aliphatic carboxylic acids is 1. The Morgan fingerprint density at radius 2 is 1.33 bits per heavy atom. The third-order valence-corrected chi connectivity index (χ3v) is 6.46. The Labute approximate surface area is 244 Å². The van der Waals surface area contributed by atoms with Crippen LogP contribution in [0.1, 0.15) is 37.8 Å². The van der Waals surface area contributed by atoms with E-state index in [1.807, 2.05) is 6.07 Å². The van der Waals surface area contributed by atoms with Gasteiger partial charge in [-0.3, -0.25) is 19.4 Å². The molecule has 0 bridgehead atoms. The van der Waals surface area contributed by atoms with Crippen molar-refractivity contribution in [3.63, 3.8) is 0 Å². The van der Waals surface area contributed by atoms with E-state index in [0.29, 0.717) is 18.5 Å². The van der Waals surface area contributed by atoms with E-state index in [1.165, 1.54) is 12.1 Å². The highest BCUT2D eigenvalue weighted by Crippen LogP contribution is 2.13. The van der Waals surface area contributed by atoms with Crippen LogP contribution in [0, 0.1) is 5.92 Å². The van der Waals surface area contributed by atoms with Crippen LogP contribution >= 0.6 is 0 Å². The van der Waals surface area contributed by atoms with Crippen LogP contribution in [0.2, 0.25) is 0 Å². The lowest BCUT2D eigenvalue weighted by molar-refractivity contribution is -0.143. The maximum atomic E-state index is 13.6. The topological polar surface area (TPSA) is 235 Å². The molecule has 0 aliphatic carbocycles. The van der Waals surface area contributed by atoms with Gasteiger partial charge in [-0.05, 0) is 42.0 Å². The Morgan fingerprint density at radius 1 is 0.810 bits per heavy atom. The molecule has 11 N–H and O–H groups in total. The number of nitrogens with zero attached hydrogens (tertiary/aromatic N) is 1. The standard InChI is InChI=1S/C29H41N7O6/c1-17(2)24(28(41)42)36-27(40)23(16-19-10-12-20(37)13-11-19)35-26(39)22(15-18-7-4-3-5-8-18)34-25(38)21(30)9-6-14-33-29(31)32/h3-5,7-8,10-13,17,21-24,37H,6,9,14-16,30H2,1-2H3,(H,34,38)(H,35,39)(H,36,40)(H,41,42)(H4,31,32,33). The molecule has 0 fully saturated rings. The van der Waals surface area contributed by atoms with E-state index in [9.17, 15) is 29.4 Å². The molecule has 0 heterocycles. The van der Waals surface area contributed by atoms with E-state index < -0.39 is 53.8 Å². The summed E-state index contributed by atoms with van der Waals surface area (Å²) < 4.78 is 0. The maximum absolute atomic E-state index is 13.6. The number of amides is 3. The van der Waals surface area contributed by atoms with E-state index in [-0.39, 0.29) is 31.0 Å². The van der Waals surface area contributed by atoms with Gasteiger partial charge in [-0.15, -0.1) is 0 Å². The first-order chi connectivity index (χ1) is 19.9. The normalized spacial score (nSPS) is 13.7. The number of phenolic OH excluding ortho intramolecular Hbond substituents is 1. The first kappa shape index (κ1) is 33.6. The number of aliphatic imine (C=N–C) groups is 1. The molecule has 0 aliphatic rings. The van der Waals surface area contributed by atoms with E-state index in [1.54, 1.807) is 50.2 Å². The number of carbonyl (C=O) groups is 4. The van der Waals surface area contributed by atoms with Crippen LogP contribution in [0.4, 0.5) is 0 Å². The van der Waals surface area contributed by atoms with Gasteiger partial charge in [0, 0.05) is 19.4 Å². The molecule has 2 aromatic rings. The number of rotatable bonds is 16. The molecular formula is C29H41N7O6. The molecule has 0 saturated carbocycles. The number of hydrogen-bond acceptors (Lipinski definition) is 7. The SMILES string of the molecule is CC(C)C(NC(=O)C(Cc1ccc(O)cc1)NC(=O)C(Cc1ccccc1)NC(=O)C(N)CCCN=C(N)N)C(=O)O. The van der Waals surface area contributed by atoms with Crippen LogP contribution in [-0.4, -0.2) is 70.6 Å². The fraction of sp³-hybridized carbons (Fsp3) is 0.414. The molecule has 13 heteroatoms. The van der Waals surface area contributed by atoms with Gasteiger partial charge in [0.2, 0.25) is 17.7 Å². The minimum Gasteiger partial charge on any atom is -0.508 e. The lowest BCUT2D eigenvalue weighted by atomic mass is 10.00. The van der Waals surface area contributed by atoms with Gasteiger partial charge in [-0.2, -0.15) is 0 Å². The zero-order valence-corrected chi connectivity index (χ0v) is 23.8. The van der Waals surface area contributed by atoms with Crippen molar-refractivity contribution in [3.8, 4) is 5.75 Å². The largest absolute Gasteiger partial charge is 0.508 e. The molecule has 228 valence electrons. The molecule has 4 unspecified atom stereocenters. The minimum atomic E-state index is -1.21. The van der Waals surface area contributed by atoms with Crippen molar-refractivity contribution in [2.45, 2.75) is 63.7 Å². The van der Waals surface area contributed by atoms with Gasteiger partial charge < -0.3 is 43.4 Å². The van der Waals surface area contributed by atoms with Crippen LogP contribution in [-0.2, 0) is 32.0 Å². The van der Waals surface area contributed by atoms with E-state index >= 15 is 0 Å². The number of carbonyl (C=O) groups excluding carboxylic acids is 3. The Balaban J connectivity index is 2.27. The molecule has 2 rings (SSSR count). The second-order valence-corrected chi connectivity index (χ2v) is 10.3. The summed E-state index contributed by atoms with van der Waals surface area (Å²) in [7, 11) is 0. The monoisotopic (exact) mass is 583 g/mol. The third kappa shape index (κ3) is 11.5. The highest BCUT2D eigenvalue weighted by atomic mass is 16.4. The number of hydrogen-bond donors (Lipinski definition) is 8. The lowest BCUT2D eigenvalue weighted by Gasteiger charge is -2.26. The highest BCUT2D eigenvalue weighted by Gasteiger charge is 2.31. The summed E-state index contributed by atoms with van der Waals surface area (Å²) in [5.41, 5.74) is 18.1. The summed E-state index contributed by atoms with van der Waals surface area (Å²) in [4.78, 5) is 55.4. The van der Waals surface area contributed by atoms with Gasteiger partial charge in [-0.1, -0.05) is 56.3 Å². The Hall–Kier alpha value is -4.65. The Kier molecular flexibility index (Phi) is 13.2. The molecule has 0 aliphatic heterocycles. The zero-order chi connectivity index (χ0) is 31.2. The smallest absolute Gasteiger partial charge is 0.326 e. The molecule has 0 saturated heterocycles. The fourth-order valence-electron chi connectivity index (χ4n) is 4.11. The molecular weight excluding hydrogens is 542 g/mol. The number of aromatic hydroxyl groups is 1. The zero-order valence-electron chi connectivity index (χ0n) is 23.8. The highest BCUT2D eigenvalue weighted by molar-refractivity contribution is 5.94. The number of carboxylic acid groups (broad SMARTS) is 1. The third-order valence-electron chi connectivity index (χ3n) is 6.46. The van der Waals surface area contributed by atoms with Gasteiger partial charge in [0.05, 0.1) is 6.04 Å². The lowest BCUT2D eigenvalue weighted by Crippen LogP contribution is -2.58. The number of nitrogens with one attached hydrogen (secondary N) is 3. The first-order valence-corrected chi connectivity index (χ1v) is 13.6. The van der Waals surface area contributed by atoms with Gasteiger partial charge in [-0.25, -0.2) is 4.79 Å². The summed E-state index contributed by atoms with van der Waals surface area (Å²) in [5.74, 6) is -3.61. The Bertz CT molecular complexity index is 1220. The molecule has 0 spiro atoms. The average Bonchev–Trinajstić information content (AvgIpc) is 2.94. The van der Waals surface area contributed by atoms with Crippen LogP contribution in [0.25, 0.3) is 0 Å². The quantitative estimate of drug-likeness (QED) is 0.0738. The number of benzene rings is 2. The van der Waals surface area contributed by atoms with Crippen molar-refractivity contribution < 1.29 is 29.4 Å². The van der Waals surface area contributed by atoms with E-state index in [4.69, 9.17) is 17.2 Å². The summed E-state index contributed by atoms with van der Waals surface area (Å²) in [6.45, 7) is 3.59. The molecule has 42 heavy (non-hydrogen) atoms.